The predicted molar refractivity (Wildman–Crippen MR) is 112 cm³/mol. The van der Waals surface area contributed by atoms with E-state index in [1.54, 1.807) is 39.7 Å². The van der Waals surface area contributed by atoms with E-state index < -0.39 is 0 Å². The van der Waals surface area contributed by atoms with Crippen LogP contribution in [0.5, 0.6) is 0 Å². The fourth-order valence-electron chi connectivity index (χ4n) is 3.58. The van der Waals surface area contributed by atoms with E-state index in [1.165, 1.54) is 12.1 Å². The van der Waals surface area contributed by atoms with E-state index in [0.29, 0.717) is 43.1 Å². The lowest BCUT2D eigenvalue weighted by atomic mass is 10.1. The second-order valence-electron chi connectivity index (χ2n) is 7.48. The van der Waals surface area contributed by atoms with Crippen molar-refractivity contribution in [3.63, 3.8) is 0 Å². The molecule has 2 aromatic carbocycles. The van der Waals surface area contributed by atoms with Crippen molar-refractivity contribution < 1.29 is 14.0 Å². The third-order valence-electron chi connectivity index (χ3n) is 5.37. The van der Waals surface area contributed by atoms with Crippen LogP contribution in [0.2, 0.25) is 0 Å². The predicted octanol–water partition coefficient (Wildman–Crippen LogP) is 3.29. The topological polar surface area (TPSA) is 58.4 Å². The number of aryl methyl sites for hydroxylation is 1. The van der Waals surface area contributed by atoms with Gasteiger partial charge in [0.1, 0.15) is 11.5 Å². The first-order valence-electron chi connectivity index (χ1n) is 9.90. The number of benzene rings is 2. The molecule has 2 heterocycles. The summed E-state index contributed by atoms with van der Waals surface area (Å²) in [5, 5.41) is 4.65. The Labute approximate surface area is 174 Å². The summed E-state index contributed by atoms with van der Waals surface area (Å²) in [7, 11) is 0. The minimum absolute atomic E-state index is 0.0200. The molecular formula is C23H23FN4O2. The quantitative estimate of drug-likeness (QED) is 0.671. The average molecular weight is 406 g/mol. The summed E-state index contributed by atoms with van der Waals surface area (Å²) in [6.07, 6.45) is 1.70. The lowest BCUT2D eigenvalue weighted by Gasteiger charge is -2.34. The molecule has 0 N–H and O–H groups in total. The molecule has 1 aromatic heterocycles. The molecule has 3 aromatic rings. The van der Waals surface area contributed by atoms with E-state index >= 15 is 0 Å². The first kappa shape index (κ1) is 19.8. The van der Waals surface area contributed by atoms with Crippen molar-refractivity contribution in [1.82, 2.24) is 19.6 Å². The average Bonchev–Trinajstić information content (AvgIpc) is 3.19. The molecule has 1 aliphatic rings. The maximum absolute atomic E-state index is 13.3. The summed E-state index contributed by atoms with van der Waals surface area (Å²) in [6, 6.07) is 13.8. The summed E-state index contributed by atoms with van der Waals surface area (Å²) >= 11 is 0. The summed E-state index contributed by atoms with van der Waals surface area (Å²) in [5.41, 5.74) is 3.69. The second kappa shape index (κ2) is 8.10. The van der Waals surface area contributed by atoms with Gasteiger partial charge in [0.05, 0.1) is 11.3 Å². The van der Waals surface area contributed by atoms with Crippen LogP contribution >= 0.6 is 0 Å². The van der Waals surface area contributed by atoms with Crippen molar-refractivity contribution in [2.45, 2.75) is 13.8 Å². The van der Waals surface area contributed by atoms with Crippen LogP contribution in [-0.2, 0) is 4.79 Å². The van der Waals surface area contributed by atoms with Crippen LogP contribution in [0.25, 0.3) is 16.9 Å². The molecule has 1 saturated heterocycles. The zero-order valence-corrected chi connectivity index (χ0v) is 17.0. The first-order chi connectivity index (χ1) is 14.4. The second-order valence-corrected chi connectivity index (χ2v) is 7.48. The van der Waals surface area contributed by atoms with Gasteiger partial charge in [0.15, 0.2) is 0 Å². The monoisotopic (exact) mass is 406 g/mol. The smallest absolute Gasteiger partial charge is 0.257 e. The van der Waals surface area contributed by atoms with Crippen molar-refractivity contribution in [3.05, 3.63) is 71.7 Å². The molecule has 0 bridgehead atoms. The number of nitrogens with zero attached hydrogens (tertiary/aromatic N) is 4. The molecule has 30 heavy (non-hydrogen) atoms. The largest absolute Gasteiger partial charge is 0.339 e. The SMILES string of the molecule is CC(=O)N1CCN(C(=O)c2cn(-c3ccc(F)cc3)nc2-c2ccc(C)cc2)CC1. The van der Waals surface area contributed by atoms with Gasteiger partial charge in [-0.3, -0.25) is 9.59 Å². The highest BCUT2D eigenvalue weighted by Crippen LogP contribution is 2.26. The van der Waals surface area contributed by atoms with E-state index in [2.05, 4.69) is 5.10 Å². The van der Waals surface area contributed by atoms with Crippen LogP contribution in [0.15, 0.2) is 54.7 Å². The number of rotatable bonds is 3. The van der Waals surface area contributed by atoms with Crippen molar-refractivity contribution in [3.8, 4) is 16.9 Å². The number of carbonyl (C=O) groups excluding carboxylic acids is 2. The van der Waals surface area contributed by atoms with Gasteiger partial charge in [-0.1, -0.05) is 29.8 Å². The fourth-order valence-corrected chi connectivity index (χ4v) is 3.58. The highest BCUT2D eigenvalue weighted by molar-refractivity contribution is 6.00. The van der Waals surface area contributed by atoms with E-state index in [4.69, 9.17) is 0 Å². The molecule has 0 saturated carbocycles. The van der Waals surface area contributed by atoms with Crippen LogP contribution in [0.3, 0.4) is 0 Å². The molecular weight excluding hydrogens is 383 g/mol. The Morgan fingerprint density at radius 2 is 1.50 bits per heavy atom. The Morgan fingerprint density at radius 1 is 0.900 bits per heavy atom. The van der Waals surface area contributed by atoms with E-state index in [1.807, 2.05) is 31.2 Å². The van der Waals surface area contributed by atoms with Gasteiger partial charge in [-0.25, -0.2) is 9.07 Å². The number of amides is 2. The number of piperazine rings is 1. The normalized spacial score (nSPS) is 14.1. The molecule has 0 aliphatic carbocycles. The molecule has 1 aliphatic heterocycles. The summed E-state index contributed by atoms with van der Waals surface area (Å²) < 4.78 is 14.9. The molecule has 0 atom stereocenters. The van der Waals surface area contributed by atoms with E-state index in [0.717, 1.165) is 11.1 Å². The lowest BCUT2D eigenvalue weighted by molar-refractivity contribution is -0.130. The first-order valence-corrected chi connectivity index (χ1v) is 9.90. The molecule has 6 nitrogen and oxygen atoms in total. The Hall–Kier alpha value is -3.48. The minimum atomic E-state index is -0.329. The molecule has 0 unspecified atom stereocenters. The van der Waals surface area contributed by atoms with Crippen LogP contribution in [0.4, 0.5) is 4.39 Å². The van der Waals surface area contributed by atoms with Gasteiger partial charge in [0, 0.05) is 44.9 Å². The van der Waals surface area contributed by atoms with Crippen LogP contribution < -0.4 is 0 Å². The summed E-state index contributed by atoms with van der Waals surface area (Å²) in [5.74, 6) is -0.432. The van der Waals surface area contributed by atoms with Gasteiger partial charge in [0.25, 0.3) is 5.91 Å². The zero-order valence-electron chi connectivity index (χ0n) is 17.0. The molecule has 1 fully saturated rings. The van der Waals surface area contributed by atoms with Gasteiger partial charge >= 0.3 is 0 Å². The lowest BCUT2D eigenvalue weighted by Crippen LogP contribution is -2.50. The number of carbonyl (C=O) groups is 2. The van der Waals surface area contributed by atoms with Gasteiger partial charge in [0.2, 0.25) is 5.91 Å². The number of aromatic nitrogens is 2. The molecule has 154 valence electrons. The number of halogens is 1. The van der Waals surface area contributed by atoms with Gasteiger partial charge in [-0.2, -0.15) is 5.10 Å². The molecule has 0 spiro atoms. The van der Waals surface area contributed by atoms with E-state index in [9.17, 15) is 14.0 Å². The van der Waals surface area contributed by atoms with Crippen LogP contribution in [-0.4, -0.2) is 57.6 Å². The van der Waals surface area contributed by atoms with Crippen LogP contribution in [0.1, 0.15) is 22.8 Å². The Morgan fingerprint density at radius 3 is 2.10 bits per heavy atom. The molecule has 2 amide bonds. The number of hydrogen-bond donors (Lipinski definition) is 0. The minimum Gasteiger partial charge on any atom is -0.339 e. The van der Waals surface area contributed by atoms with Gasteiger partial charge in [-0.05, 0) is 31.2 Å². The summed E-state index contributed by atoms with van der Waals surface area (Å²) in [4.78, 5) is 28.4. The highest BCUT2D eigenvalue weighted by Gasteiger charge is 2.27. The standard InChI is InChI=1S/C23H23FN4O2/c1-16-3-5-18(6-4-16)22-21(15-28(25-22)20-9-7-19(24)8-10-20)23(30)27-13-11-26(12-14-27)17(2)29/h3-10,15H,11-14H2,1-2H3. The van der Waals surface area contributed by atoms with Crippen LogP contribution in [0, 0.1) is 12.7 Å². The highest BCUT2D eigenvalue weighted by atomic mass is 19.1. The zero-order chi connectivity index (χ0) is 21.3. The molecule has 0 radical (unpaired) electrons. The third-order valence-corrected chi connectivity index (χ3v) is 5.37. The van der Waals surface area contributed by atoms with Crippen molar-refractivity contribution >= 4 is 11.8 Å². The summed E-state index contributed by atoms with van der Waals surface area (Å²) in [6.45, 7) is 5.54. The Balaban J connectivity index is 1.70. The Bertz CT molecular complexity index is 1070. The maximum atomic E-state index is 13.3. The maximum Gasteiger partial charge on any atom is 0.257 e. The number of hydrogen-bond acceptors (Lipinski definition) is 3. The third kappa shape index (κ3) is 3.96. The fraction of sp³-hybridized carbons (Fsp3) is 0.261. The van der Waals surface area contributed by atoms with E-state index in [-0.39, 0.29) is 17.6 Å². The van der Waals surface area contributed by atoms with Crippen molar-refractivity contribution in [2.24, 2.45) is 0 Å². The van der Waals surface area contributed by atoms with Gasteiger partial charge in [-0.15, -0.1) is 0 Å². The molecule has 4 rings (SSSR count). The van der Waals surface area contributed by atoms with Crippen molar-refractivity contribution in [1.29, 1.82) is 0 Å². The molecule has 7 heteroatoms. The van der Waals surface area contributed by atoms with Crippen molar-refractivity contribution in [2.75, 3.05) is 26.2 Å². The Kier molecular flexibility index (Phi) is 5.35. The van der Waals surface area contributed by atoms with Gasteiger partial charge < -0.3 is 9.80 Å².